The Hall–Kier alpha value is -2.30. The molecule has 11 heteroatoms. The Kier molecular flexibility index (Phi) is 6.58. The Morgan fingerprint density at radius 2 is 1.89 bits per heavy atom. The van der Waals surface area contributed by atoms with Gasteiger partial charge in [-0.25, -0.2) is 13.1 Å². The van der Waals surface area contributed by atoms with Crippen molar-refractivity contribution in [1.82, 2.24) is 4.72 Å². The van der Waals surface area contributed by atoms with Crippen molar-refractivity contribution in [2.75, 3.05) is 19.0 Å². The van der Waals surface area contributed by atoms with E-state index in [1.807, 2.05) is 0 Å². The smallest absolute Gasteiger partial charge is 0.402 e. The molecular weight excluding hydrogens is 421 g/mol. The lowest BCUT2D eigenvalue weighted by atomic mass is 10.1. The number of hydrogen-bond acceptors (Lipinski definition) is 4. The first-order chi connectivity index (χ1) is 12.9. The summed E-state index contributed by atoms with van der Waals surface area (Å²) < 4.78 is 67.4. The van der Waals surface area contributed by atoms with E-state index < -0.39 is 33.5 Å². The fourth-order valence-electron chi connectivity index (χ4n) is 2.19. The molecule has 0 fully saturated rings. The van der Waals surface area contributed by atoms with Gasteiger partial charge in [-0.3, -0.25) is 4.79 Å². The van der Waals surface area contributed by atoms with Crippen molar-refractivity contribution >= 4 is 33.2 Å². The van der Waals surface area contributed by atoms with Crippen molar-refractivity contribution in [2.45, 2.75) is 18.0 Å². The van der Waals surface area contributed by atoms with Gasteiger partial charge in [-0.1, -0.05) is 17.7 Å². The van der Waals surface area contributed by atoms with E-state index in [-0.39, 0.29) is 5.56 Å². The summed E-state index contributed by atoms with van der Waals surface area (Å²) in [5.41, 5.74) is 0.910. The topological polar surface area (TPSA) is 84.5 Å². The zero-order valence-electron chi connectivity index (χ0n) is 14.7. The zero-order valence-corrected chi connectivity index (χ0v) is 16.3. The van der Waals surface area contributed by atoms with E-state index in [4.69, 9.17) is 16.3 Å². The number of methoxy groups -OCH3 is 1. The number of rotatable bonds is 6. The average Bonchev–Trinajstić information content (AvgIpc) is 2.62. The highest BCUT2D eigenvalue weighted by molar-refractivity contribution is 7.89. The highest BCUT2D eigenvalue weighted by atomic mass is 35.5. The fourth-order valence-corrected chi connectivity index (χ4v) is 3.40. The van der Waals surface area contributed by atoms with E-state index in [1.54, 1.807) is 13.0 Å². The maximum atomic E-state index is 12.5. The molecule has 0 bridgehead atoms. The second-order valence-corrected chi connectivity index (χ2v) is 7.90. The lowest BCUT2D eigenvalue weighted by Crippen LogP contribution is -2.33. The fraction of sp³-hybridized carbons (Fsp3) is 0.235. The molecule has 0 saturated carbocycles. The van der Waals surface area contributed by atoms with Crippen LogP contribution in [0.15, 0.2) is 41.3 Å². The van der Waals surface area contributed by atoms with Gasteiger partial charge in [0.2, 0.25) is 10.0 Å². The van der Waals surface area contributed by atoms with E-state index in [0.29, 0.717) is 22.0 Å². The summed E-state index contributed by atoms with van der Waals surface area (Å²) in [6, 6.07) is 7.72. The highest BCUT2D eigenvalue weighted by Gasteiger charge is 2.30. The SMILES string of the molecule is COc1cc(Cl)c(C)cc1NC(=O)c1cccc(S(=O)(=O)NCC(F)(F)F)c1. The number of nitrogens with one attached hydrogen (secondary N) is 2. The third kappa shape index (κ3) is 5.60. The maximum absolute atomic E-state index is 12.5. The molecule has 0 atom stereocenters. The van der Waals surface area contributed by atoms with Crippen LogP contribution in [-0.4, -0.2) is 34.2 Å². The maximum Gasteiger partial charge on any atom is 0.402 e. The summed E-state index contributed by atoms with van der Waals surface area (Å²) >= 11 is 6.00. The molecule has 0 radical (unpaired) electrons. The van der Waals surface area contributed by atoms with Crippen LogP contribution in [-0.2, 0) is 10.0 Å². The van der Waals surface area contributed by atoms with Crippen molar-refractivity contribution < 1.29 is 31.1 Å². The third-order valence-corrected chi connectivity index (χ3v) is 5.40. The first-order valence-corrected chi connectivity index (χ1v) is 9.61. The Balaban J connectivity index is 2.27. The van der Waals surface area contributed by atoms with Crippen LogP contribution in [0, 0.1) is 6.92 Å². The quantitative estimate of drug-likeness (QED) is 0.722. The minimum atomic E-state index is -4.70. The molecule has 0 spiro atoms. The van der Waals surface area contributed by atoms with Gasteiger partial charge in [0.1, 0.15) is 12.3 Å². The molecule has 2 rings (SSSR count). The van der Waals surface area contributed by atoms with Gasteiger partial charge in [0.25, 0.3) is 5.91 Å². The summed E-state index contributed by atoms with van der Waals surface area (Å²) in [5.74, 6) is -0.382. The second-order valence-electron chi connectivity index (χ2n) is 5.72. The van der Waals surface area contributed by atoms with Crippen LogP contribution < -0.4 is 14.8 Å². The van der Waals surface area contributed by atoms with Gasteiger partial charge in [0.05, 0.1) is 17.7 Å². The number of benzene rings is 2. The number of amides is 1. The van der Waals surface area contributed by atoms with E-state index >= 15 is 0 Å². The average molecular weight is 437 g/mol. The zero-order chi connectivity index (χ0) is 21.1. The van der Waals surface area contributed by atoms with Crippen LogP contribution in [0.25, 0.3) is 0 Å². The number of aryl methyl sites for hydroxylation is 1. The predicted molar refractivity (Wildman–Crippen MR) is 98.4 cm³/mol. The van der Waals surface area contributed by atoms with Gasteiger partial charge in [-0.15, -0.1) is 0 Å². The van der Waals surface area contributed by atoms with Crippen LogP contribution in [0.5, 0.6) is 5.75 Å². The summed E-state index contributed by atoms with van der Waals surface area (Å²) in [5, 5.41) is 2.99. The van der Waals surface area contributed by atoms with E-state index in [0.717, 1.165) is 12.1 Å². The standard InChI is InChI=1S/C17H16ClF3N2O4S/c1-10-6-14(15(27-2)8-13(10)18)23-16(24)11-4-3-5-12(7-11)28(25,26)22-9-17(19,20)21/h3-8,22H,9H2,1-2H3,(H,23,24). The molecule has 1 amide bonds. The van der Waals surface area contributed by atoms with Gasteiger partial charge in [-0.05, 0) is 36.8 Å². The number of carbonyl (C=O) groups is 1. The summed E-state index contributed by atoms with van der Waals surface area (Å²) in [6.45, 7) is 0.00392. The Labute approximate surface area is 164 Å². The number of carbonyl (C=O) groups excluding carboxylic acids is 1. The number of halogens is 4. The van der Waals surface area contributed by atoms with Crippen molar-refractivity contribution in [1.29, 1.82) is 0 Å². The molecule has 0 aliphatic heterocycles. The number of ether oxygens (including phenoxy) is 1. The van der Waals surface area contributed by atoms with Crippen LogP contribution >= 0.6 is 11.6 Å². The molecule has 0 saturated heterocycles. The number of sulfonamides is 1. The van der Waals surface area contributed by atoms with Crippen molar-refractivity contribution in [3.05, 3.63) is 52.5 Å². The monoisotopic (exact) mass is 436 g/mol. The Bertz CT molecular complexity index is 994. The summed E-state index contributed by atoms with van der Waals surface area (Å²) in [6.07, 6.45) is -4.70. The van der Waals surface area contributed by atoms with Crippen LogP contribution in [0.2, 0.25) is 5.02 Å². The van der Waals surface area contributed by atoms with Crippen molar-refractivity contribution in [3.8, 4) is 5.75 Å². The van der Waals surface area contributed by atoms with Gasteiger partial charge < -0.3 is 10.1 Å². The van der Waals surface area contributed by atoms with Crippen LogP contribution in [0.4, 0.5) is 18.9 Å². The van der Waals surface area contributed by atoms with Gasteiger partial charge in [0.15, 0.2) is 0 Å². The van der Waals surface area contributed by atoms with Crippen molar-refractivity contribution in [2.24, 2.45) is 0 Å². The molecule has 2 N–H and O–H groups in total. The summed E-state index contributed by atoms with van der Waals surface area (Å²) in [7, 11) is -3.05. The van der Waals surface area contributed by atoms with Gasteiger partial charge >= 0.3 is 6.18 Å². The van der Waals surface area contributed by atoms with E-state index in [9.17, 15) is 26.4 Å². The van der Waals surface area contributed by atoms with Crippen molar-refractivity contribution in [3.63, 3.8) is 0 Å². The van der Waals surface area contributed by atoms with E-state index in [1.165, 1.54) is 30.0 Å². The van der Waals surface area contributed by atoms with Crippen LogP contribution in [0.1, 0.15) is 15.9 Å². The molecule has 152 valence electrons. The lowest BCUT2D eigenvalue weighted by molar-refractivity contribution is -0.121. The molecular formula is C17H16ClF3N2O4S. The molecule has 6 nitrogen and oxygen atoms in total. The molecule has 0 aromatic heterocycles. The number of anilines is 1. The van der Waals surface area contributed by atoms with Gasteiger partial charge in [0, 0.05) is 16.7 Å². The van der Waals surface area contributed by atoms with Gasteiger partial charge in [-0.2, -0.15) is 13.2 Å². The second kappa shape index (κ2) is 8.38. The predicted octanol–water partition coefficient (Wildman–Crippen LogP) is 3.75. The highest BCUT2D eigenvalue weighted by Crippen LogP contribution is 2.31. The number of alkyl halides is 3. The first kappa shape index (κ1) is 22.0. The third-order valence-electron chi connectivity index (χ3n) is 3.60. The first-order valence-electron chi connectivity index (χ1n) is 7.75. The van der Waals surface area contributed by atoms with E-state index in [2.05, 4.69) is 5.32 Å². The van der Waals surface area contributed by atoms with Crippen LogP contribution in [0.3, 0.4) is 0 Å². The molecule has 28 heavy (non-hydrogen) atoms. The molecule has 0 aliphatic carbocycles. The molecule has 2 aromatic rings. The minimum absolute atomic E-state index is 0.0652. The minimum Gasteiger partial charge on any atom is -0.495 e. The Morgan fingerprint density at radius 1 is 1.21 bits per heavy atom. The molecule has 0 aliphatic rings. The largest absolute Gasteiger partial charge is 0.495 e. The molecule has 2 aromatic carbocycles. The molecule has 0 heterocycles. The normalized spacial score (nSPS) is 11.9. The number of hydrogen-bond donors (Lipinski definition) is 2. The lowest BCUT2D eigenvalue weighted by Gasteiger charge is -2.13. The molecule has 0 unspecified atom stereocenters. The summed E-state index contributed by atoms with van der Waals surface area (Å²) in [4.78, 5) is 12.0. The Morgan fingerprint density at radius 3 is 2.50 bits per heavy atom.